The first kappa shape index (κ1) is 15.4. The molecular weight excluding hydrogens is 293 g/mol. The lowest BCUT2D eigenvalue weighted by molar-refractivity contribution is -0.155. The van der Waals surface area contributed by atoms with Crippen LogP contribution in [0.1, 0.15) is 24.2 Å². The Balaban J connectivity index is 2.56. The summed E-state index contributed by atoms with van der Waals surface area (Å²) in [5.74, 6) is -1.41. The largest absolute Gasteiger partial charge is 0.486 e. The maximum atomic E-state index is 13.1. The van der Waals surface area contributed by atoms with E-state index in [-0.39, 0.29) is 31.3 Å². The molecule has 0 fully saturated rings. The predicted octanol–water partition coefficient (Wildman–Crippen LogP) is 2.07. The standard InChI is InChI=1S/C13H13F3O5/c1-2-19-12(18)10(17)9-7(13(14,15)16)3-4-8-11(9)21-6-5-20-8/h3-4,10,17H,2,5-6H2,1H3. The number of carbonyl (C=O) groups is 1. The fourth-order valence-corrected chi connectivity index (χ4v) is 2.00. The number of alkyl halides is 3. The highest BCUT2D eigenvalue weighted by Crippen LogP contribution is 2.45. The summed E-state index contributed by atoms with van der Waals surface area (Å²) in [6.45, 7) is 1.61. The van der Waals surface area contributed by atoms with Crippen LogP contribution in [0.5, 0.6) is 11.5 Å². The smallest absolute Gasteiger partial charge is 0.416 e. The minimum atomic E-state index is -4.75. The minimum absolute atomic E-state index is 0.0247. The Morgan fingerprint density at radius 1 is 1.38 bits per heavy atom. The van der Waals surface area contributed by atoms with E-state index < -0.39 is 29.4 Å². The number of aliphatic hydroxyl groups is 1. The molecule has 116 valence electrons. The molecule has 2 rings (SSSR count). The summed E-state index contributed by atoms with van der Waals surface area (Å²) < 4.78 is 54.1. The predicted molar refractivity (Wildman–Crippen MR) is 64.0 cm³/mol. The number of benzene rings is 1. The van der Waals surface area contributed by atoms with Crippen LogP contribution in [0.2, 0.25) is 0 Å². The monoisotopic (exact) mass is 306 g/mol. The Hall–Kier alpha value is -1.96. The molecule has 0 radical (unpaired) electrons. The van der Waals surface area contributed by atoms with Gasteiger partial charge in [0.15, 0.2) is 17.6 Å². The van der Waals surface area contributed by atoms with Gasteiger partial charge >= 0.3 is 12.1 Å². The van der Waals surface area contributed by atoms with Crippen molar-refractivity contribution in [1.82, 2.24) is 0 Å². The van der Waals surface area contributed by atoms with Gasteiger partial charge in [-0.1, -0.05) is 0 Å². The van der Waals surface area contributed by atoms with E-state index in [0.29, 0.717) is 0 Å². The van der Waals surface area contributed by atoms with Gasteiger partial charge in [0.05, 0.1) is 12.2 Å². The van der Waals surface area contributed by atoms with Crippen LogP contribution in [0, 0.1) is 0 Å². The molecule has 0 saturated carbocycles. The summed E-state index contributed by atoms with van der Waals surface area (Å²) in [6, 6.07) is 1.84. The zero-order chi connectivity index (χ0) is 15.6. The van der Waals surface area contributed by atoms with Crippen LogP contribution in [0.4, 0.5) is 13.2 Å². The Morgan fingerprint density at radius 3 is 2.67 bits per heavy atom. The van der Waals surface area contributed by atoms with Gasteiger partial charge in [-0.05, 0) is 19.1 Å². The van der Waals surface area contributed by atoms with Crippen molar-refractivity contribution in [1.29, 1.82) is 0 Å². The van der Waals surface area contributed by atoms with E-state index in [1.807, 2.05) is 0 Å². The summed E-state index contributed by atoms with van der Waals surface area (Å²) in [6.07, 6.45) is -6.85. The number of fused-ring (bicyclic) bond motifs is 1. The van der Waals surface area contributed by atoms with Crippen LogP contribution in [-0.2, 0) is 15.7 Å². The third kappa shape index (κ3) is 3.05. The number of hydrogen-bond donors (Lipinski definition) is 1. The molecule has 1 unspecified atom stereocenters. The van der Waals surface area contributed by atoms with E-state index in [1.165, 1.54) is 6.92 Å². The lowest BCUT2D eigenvalue weighted by Crippen LogP contribution is -2.24. The van der Waals surface area contributed by atoms with Gasteiger partial charge in [-0.2, -0.15) is 13.2 Å². The number of esters is 1. The summed E-state index contributed by atoms with van der Waals surface area (Å²) in [5.41, 5.74) is -1.84. The SMILES string of the molecule is CCOC(=O)C(O)c1c(C(F)(F)F)ccc2c1OCCO2. The van der Waals surface area contributed by atoms with Gasteiger partial charge in [0, 0.05) is 5.56 Å². The van der Waals surface area contributed by atoms with Gasteiger partial charge < -0.3 is 19.3 Å². The topological polar surface area (TPSA) is 65.0 Å². The molecule has 0 aromatic heterocycles. The summed E-state index contributed by atoms with van der Waals surface area (Å²) in [4.78, 5) is 11.6. The molecule has 0 saturated heterocycles. The number of carbonyl (C=O) groups excluding carboxylic acids is 1. The van der Waals surface area contributed by atoms with Crippen LogP contribution in [0.25, 0.3) is 0 Å². The van der Waals surface area contributed by atoms with Crippen molar-refractivity contribution in [3.8, 4) is 11.5 Å². The highest BCUT2D eigenvalue weighted by Gasteiger charge is 2.40. The second-order valence-corrected chi connectivity index (χ2v) is 4.20. The van der Waals surface area contributed by atoms with E-state index in [1.54, 1.807) is 0 Å². The Labute approximate surface area is 118 Å². The normalized spacial score (nSPS) is 15.5. The van der Waals surface area contributed by atoms with Crippen molar-refractivity contribution in [2.24, 2.45) is 0 Å². The molecule has 5 nitrogen and oxygen atoms in total. The summed E-state index contributed by atoms with van der Waals surface area (Å²) >= 11 is 0. The van der Waals surface area contributed by atoms with E-state index in [0.717, 1.165) is 12.1 Å². The molecule has 21 heavy (non-hydrogen) atoms. The molecule has 1 N–H and O–H groups in total. The van der Waals surface area contributed by atoms with Crippen LogP contribution >= 0.6 is 0 Å². The van der Waals surface area contributed by atoms with Crippen molar-refractivity contribution in [3.05, 3.63) is 23.3 Å². The molecule has 0 bridgehead atoms. The maximum absolute atomic E-state index is 13.1. The van der Waals surface area contributed by atoms with Crippen molar-refractivity contribution < 1.29 is 37.3 Å². The quantitative estimate of drug-likeness (QED) is 0.866. The van der Waals surface area contributed by atoms with Gasteiger partial charge in [0.2, 0.25) is 0 Å². The second kappa shape index (κ2) is 5.80. The molecule has 8 heteroatoms. The first-order chi connectivity index (χ1) is 9.86. The lowest BCUT2D eigenvalue weighted by Gasteiger charge is -2.25. The zero-order valence-electron chi connectivity index (χ0n) is 11.1. The van der Waals surface area contributed by atoms with Crippen LogP contribution in [0.15, 0.2) is 12.1 Å². The number of aliphatic hydroxyl groups excluding tert-OH is 1. The van der Waals surface area contributed by atoms with Crippen molar-refractivity contribution in [3.63, 3.8) is 0 Å². The molecule has 1 atom stereocenters. The van der Waals surface area contributed by atoms with E-state index in [2.05, 4.69) is 4.74 Å². The third-order valence-corrected chi connectivity index (χ3v) is 2.84. The van der Waals surface area contributed by atoms with Crippen LogP contribution in [0.3, 0.4) is 0 Å². The molecule has 1 aliphatic heterocycles. The van der Waals surface area contributed by atoms with Gasteiger partial charge in [0.25, 0.3) is 0 Å². The van der Waals surface area contributed by atoms with E-state index >= 15 is 0 Å². The maximum Gasteiger partial charge on any atom is 0.416 e. The third-order valence-electron chi connectivity index (χ3n) is 2.84. The Kier molecular flexibility index (Phi) is 4.26. The van der Waals surface area contributed by atoms with Crippen LogP contribution in [-0.4, -0.2) is 30.9 Å². The molecule has 1 aliphatic rings. The summed E-state index contributed by atoms with van der Waals surface area (Å²) in [7, 11) is 0. The second-order valence-electron chi connectivity index (χ2n) is 4.20. The first-order valence-electron chi connectivity index (χ1n) is 6.20. The average molecular weight is 306 g/mol. The van der Waals surface area contributed by atoms with Gasteiger partial charge in [-0.15, -0.1) is 0 Å². The lowest BCUT2D eigenvalue weighted by atomic mass is 9.99. The molecule has 1 aromatic carbocycles. The number of hydrogen-bond acceptors (Lipinski definition) is 5. The highest BCUT2D eigenvalue weighted by atomic mass is 19.4. The Morgan fingerprint density at radius 2 is 2.05 bits per heavy atom. The van der Waals surface area contributed by atoms with Crippen molar-refractivity contribution in [2.75, 3.05) is 19.8 Å². The minimum Gasteiger partial charge on any atom is -0.486 e. The van der Waals surface area contributed by atoms with Gasteiger partial charge in [-0.3, -0.25) is 0 Å². The Bertz CT molecular complexity index is 541. The number of ether oxygens (including phenoxy) is 3. The number of rotatable bonds is 3. The molecule has 1 heterocycles. The van der Waals surface area contributed by atoms with Crippen molar-refractivity contribution in [2.45, 2.75) is 19.2 Å². The van der Waals surface area contributed by atoms with E-state index in [9.17, 15) is 23.1 Å². The van der Waals surface area contributed by atoms with Gasteiger partial charge in [-0.25, -0.2) is 4.79 Å². The zero-order valence-corrected chi connectivity index (χ0v) is 11.1. The van der Waals surface area contributed by atoms with E-state index in [4.69, 9.17) is 9.47 Å². The summed E-state index contributed by atoms with van der Waals surface area (Å²) in [5, 5.41) is 9.91. The number of halogens is 3. The average Bonchev–Trinajstić information content (AvgIpc) is 2.44. The highest BCUT2D eigenvalue weighted by molar-refractivity contribution is 5.79. The molecule has 0 aliphatic carbocycles. The van der Waals surface area contributed by atoms with Gasteiger partial charge in [0.1, 0.15) is 13.2 Å². The molecule has 0 spiro atoms. The molecular formula is C13H13F3O5. The first-order valence-corrected chi connectivity index (χ1v) is 6.20. The van der Waals surface area contributed by atoms with Crippen LogP contribution < -0.4 is 9.47 Å². The molecule has 1 aromatic rings. The van der Waals surface area contributed by atoms with Crippen molar-refractivity contribution >= 4 is 5.97 Å². The fourth-order valence-electron chi connectivity index (χ4n) is 2.00. The molecule has 0 amide bonds. The fraction of sp³-hybridized carbons (Fsp3) is 0.462.